The van der Waals surface area contributed by atoms with Crippen LogP contribution in [-0.2, 0) is 0 Å². The molecule has 16 heavy (non-hydrogen) atoms. The van der Waals surface area contributed by atoms with Crippen molar-refractivity contribution in [2.24, 2.45) is 11.8 Å². The predicted octanol–water partition coefficient (Wildman–Crippen LogP) is 2.27. The largest absolute Gasteiger partial charge is 0.312 e. The van der Waals surface area contributed by atoms with Crippen LogP contribution in [0.15, 0.2) is 12.7 Å². The number of nitrogens with one attached hydrogen (secondary N) is 1. The lowest BCUT2D eigenvalue weighted by Crippen LogP contribution is -2.41. The maximum atomic E-state index is 3.86. The minimum absolute atomic E-state index is 0.749. The van der Waals surface area contributed by atoms with Crippen LogP contribution >= 0.6 is 0 Å². The molecule has 1 aliphatic carbocycles. The number of rotatable bonds is 6. The van der Waals surface area contributed by atoms with Gasteiger partial charge in [0.25, 0.3) is 0 Å². The van der Waals surface area contributed by atoms with Crippen LogP contribution in [0.3, 0.4) is 0 Å². The maximum absolute atomic E-state index is 3.86. The molecule has 1 saturated heterocycles. The van der Waals surface area contributed by atoms with E-state index < -0.39 is 0 Å². The molecule has 2 fully saturated rings. The third kappa shape index (κ3) is 2.67. The van der Waals surface area contributed by atoms with Gasteiger partial charge in [-0.1, -0.05) is 19.4 Å². The summed E-state index contributed by atoms with van der Waals surface area (Å²) in [5, 5.41) is 3.73. The van der Waals surface area contributed by atoms with E-state index in [-0.39, 0.29) is 0 Å². The van der Waals surface area contributed by atoms with E-state index in [1.54, 1.807) is 0 Å². The molecule has 0 amide bonds. The fraction of sp³-hybridized carbons (Fsp3) is 0.857. The van der Waals surface area contributed by atoms with Gasteiger partial charge in [-0.15, -0.1) is 6.58 Å². The van der Waals surface area contributed by atoms with E-state index in [2.05, 4.69) is 23.7 Å². The highest BCUT2D eigenvalue weighted by Gasteiger charge is 2.39. The molecule has 1 aliphatic heterocycles. The Morgan fingerprint density at radius 2 is 2.31 bits per heavy atom. The standard InChI is InChI=1S/C14H26N2/c1-3-8-16(9-4-2)11-14-13-7-5-6-12(13)10-15-14/h3,12-15H,1,4-11H2,2H3. The second-order valence-corrected chi connectivity index (χ2v) is 5.42. The monoisotopic (exact) mass is 222 g/mol. The van der Waals surface area contributed by atoms with Gasteiger partial charge in [0.1, 0.15) is 0 Å². The summed E-state index contributed by atoms with van der Waals surface area (Å²) in [5.41, 5.74) is 0. The zero-order valence-corrected chi connectivity index (χ0v) is 10.6. The van der Waals surface area contributed by atoms with Crippen molar-refractivity contribution in [1.29, 1.82) is 0 Å². The molecule has 1 saturated carbocycles. The zero-order valence-electron chi connectivity index (χ0n) is 10.6. The van der Waals surface area contributed by atoms with Gasteiger partial charge < -0.3 is 5.32 Å². The molecule has 3 unspecified atom stereocenters. The molecular weight excluding hydrogens is 196 g/mol. The molecule has 1 N–H and O–H groups in total. The van der Waals surface area contributed by atoms with Crippen LogP contribution in [0.25, 0.3) is 0 Å². The smallest absolute Gasteiger partial charge is 0.0226 e. The average molecular weight is 222 g/mol. The quantitative estimate of drug-likeness (QED) is 0.694. The van der Waals surface area contributed by atoms with Crippen LogP contribution in [0.1, 0.15) is 32.6 Å². The highest BCUT2D eigenvalue weighted by Crippen LogP contribution is 2.37. The molecule has 0 bridgehead atoms. The van der Waals surface area contributed by atoms with Gasteiger partial charge in [-0.3, -0.25) is 4.90 Å². The van der Waals surface area contributed by atoms with E-state index in [1.807, 2.05) is 6.08 Å². The SMILES string of the molecule is C=CCN(CCC)CC1NCC2CCCC21. The lowest BCUT2D eigenvalue weighted by Gasteiger charge is -2.27. The van der Waals surface area contributed by atoms with Crippen LogP contribution in [-0.4, -0.2) is 37.1 Å². The van der Waals surface area contributed by atoms with Crippen LogP contribution in [0.4, 0.5) is 0 Å². The molecule has 0 aromatic heterocycles. The van der Waals surface area contributed by atoms with Crippen LogP contribution in [0.2, 0.25) is 0 Å². The normalized spacial score (nSPS) is 33.2. The number of hydrogen-bond acceptors (Lipinski definition) is 2. The minimum atomic E-state index is 0.749. The second-order valence-electron chi connectivity index (χ2n) is 5.42. The third-order valence-corrected chi connectivity index (χ3v) is 4.26. The molecule has 0 aromatic rings. The molecule has 0 radical (unpaired) electrons. The summed E-state index contributed by atoms with van der Waals surface area (Å²) in [4.78, 5) is 2.55. The highest BCUT2D eigenvalue weighted by molar-refractivity contribution is 4.95. The molecule has 2 nitrogen and oxygen atoms in total. The van der Waals surface area contributed by atoms with Crippen LogP contribution in [0, 0.1) is 11.8 Å². The van der Waals surface area contributed by atoms with E-state index in [4.69, 9.17) is 0 Å². The summed E-state index contributed by atoms with van der Waals surface area (Å²) < 4.78 is 0. The van der Waals surface area contributed by atoms with Crippen molar-refractivity contribution in [1.82, 2.24) is 10.2 Å². The molecule has 2 heteroatoms. The first-order valence-electron chi connectivity index (χ1n) is 6.91. The third-order valence-electron chi connectivity index (χ3n) is 4.26. The zero-order chi connectivity index (χ0) is 11.4. The summed E-state index contributed by atoms with van der Waals surface area (Å²) in [6, 6.07) is 0.749. The second kappa shape index (κ2) is 5.83. The average Bonchev–Trinajstić information content (AvgIpc) is 2.83. The Kier molecular flexibility index (Phi) is 4.42. The van der Waals surface area contributed by atoms with Crippen molar-refractivity contribution < 1.29 is 0 Å². The van der Waals surface area contributed by atoms with Gasteiger partial charge >= 0.3 is 0 Å². The van der Waals surface area contributed by atoms with Gasteiger partial charge in [-0.05, 0) is 44.2 Å². The van der Waals surface area contributed by atoms with Crippen molar-refractivity contribution in [3.05, 3.63) is 12.7 Å². The fourth-order valence-electron chi connectivity index (χ4n) is 3.54. The first-order valence-corrected chi connectivity index (χ1v) is 6.91. The summed E-state index contributed by atoms with van der Waals surface area (Å²) in [6.45, 7) is 10.9. The molecule has 92 valence electrons. The lowest BCUT2D eigenvalue weighted by molar-refractivity contribution is 0.245. The van der Waals surface area contributed by atoms with Gasteiger partial charge in [0.05, 0.1) is 0 Å². The Morgan fingerprint density at radius 3 is 3.06 bits per heavy atom. The predicted molar refractivity (Wildman–Crippen MR) is 69.5 cm³/mol. The first kappa shape index (κ1) is 12.1. The van der Waals surface area contributed by atoms with E-state index in [9.17, 15) is 0 Å². The Labute approximate surface area is 100 Å². The van der Waals surface area contributed by atoms with Crippen molar-refractivity contribution in [2.45, 2.75) is 38.6 Å². The van der Waals surface area contributed by atoms with Gasteiger partial charge in [0.15, 0.2) is 0 Å². The maximum Gasteiger partial charge on any atom is 0.0226 e. The van der Waals surface area contributed by atoms with E-state index in [0.29, 0.717) is 0 Å². The highest BCUT2D eigenvalue weighted by atomic mass is 15.2. The number of hydrogen-bond donors (Lipinski definition) is 1. The Bertz CT molecular complexity index is 227. The Morgan fingerprint density at radius 1 is 1.44 bits per heavy atom. The summed E-state index contributed by atoms with van der Waals surface area (Å²) in [6.07, 6.45) is 7.66. The molecule has 1 heterocycles. The minimum Gasteiger partial charge on any atom is -0.312 e. The van der Waals surface area contributed by atoms with E-state index in [0.717, 1.165) is 24.4 Å². The van der Waals surface area contributed by atoms with Crippen molar-refractivity contribution in [3.63, 3.8) is 0 Å². The molecule has 2 rings (SSSR count). The Balaban J connectivity index is 1.84. The topological polar surface area (TPSA) is 15.3 Å². The molecule has 0 spiro atoms. The van der Waals surface area contributed by atoms with Crippen molar-refractivity contribution in [2.75, 3.05) is 26.2 Å². The molecule has 3 atom stereocenters. The van der Waals surface area contributed by atoms with Gasteiger partial charge in [-0.2, -0.15) is 0 Å². The van der Waals surface area contributed by atoms with E-state index >= 15 is 0 Å². The van der Waals surface area contributed by atoms with Gasteiger partial charge in [0.2, 0.25) is 0 Å². The van der Waals surface area contributed by atoms with Crippen molar-refractivity contribution in [3.8, 4) is 0 Å². The fourth-order valence-corrected chi connectivity index (χ4v) is 3.54. The molecular formula is C14H26N2. The summed E-state index contributed by atoms with van der Waals surface area (Å²) >= 11 is 0. The van der Waals surface area contributed by atoms with Crippen LogP contribution in [0.5, 0.6) is 0 Å². The van der Waals surface area contributed by atoms with Gasteiger partial charge in [-0.25, -0.2) is 0 Å². The van der Waals surface area contributed by atoms with E-state index in [1.165, 1.54) is 45.3 Å². The Hall–Kier alpha value is -0.340. The number of fused-ring (bicyclic) bond motifs is 1. The van der Waals surface area contributed by atoms with Gasteiger partial charge in [0, 0.05) is 19.1 Å². The first-order chi connectivity index (χ1) is 7.85. The number of nitrogens with zero attached hydrogens (tertiary/aromatic N) is 1. The van der Waals surface area contributed by atoms with Crippen molar-refractivity contribution >= 4 is 0 Å². The lowest BCUT2D eigenvalue weighted by atomic mass is 9.94. The van der Waals surface area contributed by atoms with Crippen LogP contribution < -0.4 is 5.32 Å². The molecule has 0 aromatic carbocycles. The molecule has 2 aliphatic rings. The summed E-state index contributed by atoms with van der Waals surface area (Å²) in [5.74, 6) is 1.95. The summed E-state index contributed by atoms with van der Waals surface area (Å²) in [7, 11) is 0.